The van der Waals surface area contributed by atoms with E-state index in [1.54, 1.807) is 20.4 Å². The van der Waals surface area contributed by atoms with E-state index in [4.69, 9.17) is 14.5 Å². The molecular formula is C17H20N2O2. The van der Waals surface area contributed by atoms with Gasteiger partial charge in [0.1, 0.15) is 5.82 Å². The van der Waals surface area contributed by atoms with E-state index >= 15 is 0 Å². The van der Waals surface area contributed by atoms with Crippen LogP contribution in [0.1, 0.15) is 42.6 Å². The molecule has 1 aromatic heterocycles. The minimum Gasteiger partial charge on any atom is -0.350 e. The Kier molecular flexibility index (Phi) is 3.99. The summed E-state index contributed by atoms with van der Waals surface area (Å²) < 4.78 is 10.6. The van der Waals surface area contributed by atoms with E-state index < -0.39 is 6.29 Å². The zero-order chi connectivity index (χ0) is 14.7. The third kappa shape index (κ3) is 2.45. The number of ether oxygens (including phenoxy) is 2. The van der Waals surface area contributed by atoms with E-state index in [-0.39, 0.29) is 5.41 Å². The van der Waals surface area contributed by atoms with Gasteiger partial charge in [-0.25, -0.2) is 9.97 Å². The van der Waals surface area contributed by atoms with Crippen LogP contribution in [0, 0.1) is 0 Å². The molecular weight excluding hydrogens is 264 g/mol. The summed E-state index contributed by atoms with van der Waals surface area (Å²) in [5.41, 5.74) is 2.01. The number of benzene rings is 1. The van der Waals surface area contributed by atoms with E-state index in [0.29, 0.717) is 0 Å². The highest BCUT2D eigenvalue weighted by atomic mass is 16.7. The van der Waals surface area contributed by atoms with E-state index in [1.165, 1.54) is 12.0 Å². The summed E-state index contributed by atoms with van der Waals surface area (Å²) in [6.45, 7) is 0. The van der Waals surface area contributed by atoms with Crippen molar-refractivity contribution in [1.82, 2.24) is 9.97 Å². The van der Waals surface area contributed by atoms with E-state index in [0.717, 1.165) is 24.4 Å². The first-order valence-corrected chi connectivity index (χ1v) is 7.25. The molecule has 1 saturated carbocycles. The summed E-state index contributed by atoms with van der Waals surface area (Å²) >= 11 is 0. The molecule has 1 aliphatic carbocycles. The molecule has 1 heterocycles. The fraction of sp³-hybridized carbons (Fsp3) is 0.412. The zero-order valence-corrected chi connectivity index (χ0v) is 12.5. The Balaban J connectivity index is 2.01. The first-order valence-electron chi connectivity index (χ1n) is 7.25. The monoisotopic (exact) mass is 284 g/mol. The van der Waals surface area contributed by atoms with E-state index in [2.05, 4.69) is 29.2 Å². The van der Waals surface area contributed by atoms with Crippen molar-refractivity contribution in [3.63, 3.8) is 0 Å². The van der Waals surface area contributed by atoms with Gasteiger partial charge in [0.2, 0.25) is 6.29 Å². The molecule has 0 saturated heterocycles. The Morgan fingerprint density at radius 2 is 1.76 bits per heavy atom. The van der Waals surface area contributed by atoms with Crippen molar-refractivity contribution in [2.24, 2.45) is 0 Å². The summed E-state index contributed by atoms with van der Waals surface area (Å²) in [6, 6.07) is 12.4. The van der Waals surface area contributed by atoms with Gasteiger partial charge >= 0.3 is 0 Å². The molecule has 0 spiro atoms. The molecule has 0 atom stereocenters. The minimum atomic E-state index is -0.445. The predicted octanol–water partition coefficient (Wildman–Crippen LogP) is 3.24. The zero-order valence-electron chi connectivity index (χ0n) is 12.5. The average Bonchev–Trinajstić information content (AvgIpc) is 2.49. The molecule has 0 amide bonds. The number of methoxy groups -OCH3 is 2. The topological polar surface area (TPSA) is 44.2 Å². The van der Waals surface area contributed by atoms with Crippen molar-refractivity contribution in [3.05, 3.63) is 59.7 Å². The van der Waals surface area contributed by atoms with Gasteiger partial charge in [-0.3, -0.25) is 0 Å². The summed E-state index contributed by atoms with van der Waals surface area (Å²) in [5, 5.41) is 0. The van der Waals surface area contributed by atoms with Crippen molar-refractivity contribution in [3.8, 4) is 0 Å². The van der Waals surface area contributed by atoms with Gasteiger partial charge in [-0.2, -0.15) is 0 Å². The molecule has 1 aromatic carbocycles. The van der Waals surface area contributed by atoms with Crippen molar-refractivity contribution >= 4 is 0 Å². The normalized spacial score (nSPS) is 16.7. The van der Waals surface area contributed by atoms with Crippen LogP contribution in [0.5, 0.6) is 0 Å². The highest BCUT2D eigenvalue weighted by Gasteiger charge is 2.43. The van der Waals surface area contributed by atoms with Gasteiger partial charge in [0.25, 0.3) is 0 Å². The molecule has 2 aromatic rings. The SMILES string of the molecule is COC(OC)c1ccnc(C2(c3ccccc3)CCC2)n1. The first-order chi connectivity index (χ1) is 10.3. The molecule has 4 heteroatoms. The van der Waals surface area contributed by atoms with Crippen molar-refractivity contribution < 1.29 is 9.47 Å². The number of nitrogens with zero attached hydrogens (tertiary/aromatic N) is 2. The standard InChI is InChI=1S/C17H20N2O2/c1-20-15(21-2)14-9-12-18-16(19-14)17(10-6-11-17)13-7-4-3-5-8-13/h3-5,7-9,12,15H,6,10-11H2,1-2H3. The van der Waals surface area contributed by atoms with Crippen LogP contribution in [0.3, 0.4) is 0 Å². The molecule has 4 nitrogen and oxygen atoms in total. The van der Waals surface area contributed by atoms with Gasteiger partial charge in [-0.1, -0.05) is 36.8 Å². The van der Waals surface area contributed by atoms with Crippen LogP contribution in [0.2, 0.25) is 0 Å². The molecule has 3 rings (SSSR count). The van der Waals surface area contributed by atoms with Crippen LogP contribution in [0.15, 0.2) is 42.6 Å². The molecule has 0 unspecified atom stereocenters. The smallest absolute Gasteiger partial charge is 0.200 e. The van der Waals surface area contributed by atoms with Gasteiger partial charge < -0.3 is 9.47 Å². The van der Waals surface area contributed by atoms with Gasteiger partial charge in [-0.05, 0) is 24.5 Å². The van der Waals surface area contributed by atoms with Crippen molar-refractivity contribution in [2.45, 2.75) is 31.0 Å². The maximum atomic E-state index is 5.30. The van der Waals surface area contributed by atoms with Gasteiger partial charge in [0.05, 0.1) is 11.1 Å². The van der Waals surface area contributed by atoms with E-state index in [1.807, 2.05) is 12.1 Å². The lowest BCUT2D eigenvalue weighted by atomic mass is 9.64. The van der Waals surface area contributed by atoms with Gasteiger partial charge in [0.15, 0.2) is 0 Å². The molecule has 0 aliphatic heterocycles. The summed E-state index contributed by atoms with van der Waals surface area (Å²) in [5.74, 6) is 0.872. The molecule has 21 heavy (non-hydrogen) atoms. The largest absolute Gasteiger partial charge is 0.350 e. The van der Waals surface area contributed by atoms with Crippen LogP contribution in [-0.2, 0) is 14.9 Å². The fourth-order valence-corrected chi connectivity index (χ4v) is 3.00. The fourth-order valence-electron chi connectivity index (χ4n) is 3.00. The van der Waals surface area contributed by atoms with Crippen LogP contribution >= 0.6 is 0 Å². The Morgan fingerprint density at radius 1 is 1.05 bits per heavy atom. The van der Waals surface area contributed by atoms with Gasteiger partial charge in [0, 0.05) is 20.4 Å². The highest BCUT2D eigenvalue weighted by Crippen LogP contribution is 2.47. The lowest BCUT2D eigenvalue weighted by molar-refractivity contribution is -0.108. The maximum absolute atomic E-state index is 5.30. The second-order valence-electron chi connectivity index (χ2n) is 5.41. The van der Waals surface area contributed by atoms with Crippen molar-refractivity contribution in [1.29, 1.82) is 0 Å². The predicted molar refractivity (Wildman–Crippen MR) is 79.9 cm³/mol. The lowest BCUT2D eigenvalue weighted by Crippen LogP contribution is -2.37. The molecule has 0 bridgehead atoms. The molecule has 0 N–H and O–H groups in total. The number of hydrogen-bond donors (Lipinski definition) is 0. The van der Waals surface area contributed by atoms with Gasteiger partial charge in [-0.15, -0.1) is 0 Å². The second kappa shape index (κ2) is 5.92. The number of rotatable bonds is 5. The molecule has 0 radical (unpaired) electrons. The van der Waals surface area contributed by atoms with Crippen molar-refractivity contribution in [2.75, 3.05) is 14.2 Å². The Morgan fingerprint density at radius 3 is 2.33 bits per heavy atom. The number of aromatic nitrogens is 2. The van der Waals surface area contributed by atoms with E-state index in [9.17, 15) is 0 Å². The highest BCUT2D eigenvalue weighted by molar-refractivity contribution is 5.35. The third-order valence-electron chi connectivity index (χ3n) is 4.31. The quantitative estimate of drug-likeness (QED) is 0.791. The first kappa shape index (κ1) is 14.2. The van der Waals surface area contributed by atoms with Crippen LogP contribution in [0.4, 0.5) is 0 Å². The Bertz CT molecular complexity index is 593. The molecule has 110 valence electrons. The Labute approximate surface area is 125 Å². The lowest BCUT2D eigenvalue weighted by Gasteiger charge is -2.41. The van der Waals surface area contributed by atoms with Crippen LogP contribution in [0.25, 0.3) is 0 Å². The number of hydrogen-bond acceptors (Lipinski definition) is 4. The van der Waals surface area contributed by atoms with Crippen LogP contribution in [-0.4, -0.2) is 24.2 Å². The maximum Gasteiger partial charge on any atom is 0.200 e. The minimum absolute atomic E-state index is 0.0523. The summed E-state index contributed by atoms with van der Waals surface area (Å²) in [4.78, 5) is 9.26. The third-order valence-corrected chi connectivity index (χ3v) is 4.31. The summed E-state index contributed by atoms with van der Waals surface area (Å²) in [7, 11) is 3.23. The summed E-state index contributed by atoms with van der Waals surface area (Å²) in [6.07, 6.45) is 4.74. The average molecular weight is 284 g/mol. The Hall–Kier alpha value is -1.78. The molecule has 1 aliphatic rings. The van der Waals surface area contributed by atoms with Crippen LogP contribution < -0.4 is 0 Å². The molecule has 1 fully saturated rings. The second-order valence-corrected chi connectivity index (χ2v) is 5.41.